The first-order valence-electron chi connectivity index (χ1n) is 6.55. The maximum Gasteiger partial charge on any atom is 0.280 e. The molecule has 0 saturated heterocycles. The van der Waals surface area contributed by atoms with Crippen LogP contribution < -0.4 is 5.32 Å². The van der Waals surface area contributed by atoms with Crippen molar-refractivity contribution in [3.63, 3.8) is 0 Å². The van der Waals surface area contributed by atoms with Crippen LogP contribution in [0.2, 0.25) is 0 Å². The summed E-state index contributed by atoms with van der Waals surface area (Å²) in [5, 5.41) is 19.9. The smallest absolute Gasteiger partial charge is 0.280 e. The number of aromatic amines is 1. The van der Waals surface area contributed by atoms with Gasteiger partial charge in [-0.15, -0.1) is 5.10 Å². The minimum atomic E-state index is -3.02. The molecule has 0 amide bonds. The lowest BCUT2D eigenvalue weighted by atomic mass is 10.00. The van der Waals surface area contributed by atoms with Crippen LogP contribution in [0.4, 0.5) is 13.2 Å². The van der Waals surface area contributed by atoms with Crippen molar-refractivity contribution in [1.29, 1.82) is 0 Å². The molecule has 21 heavy (non-hydrogen) atoms. The third-order valence-electron chi connectivity index (χ3n) is 3.22. The van der Waals surface area contributed by atoms with Crippen molar-refractivity contribution in [3.8, 4) is 0 Å². The molecule has 8 heteroatoms. The van der Waals surface area contributed by atoms with E-state index >= 15 is 0 Å². The number of nitrogens with zero attached hydrogens (tertiary/aromatic N) is 2. The fourth-order valence-corrected chi connectivity index (χ4v) is 2.10. The highest BCUT2D eigenvalue weighted by Crippen LogP contribution is 2.23. The zero-order valence-corrected chi connectivity index (χ0v) is 11.5. The van der Waals surface area contributed by atoms with Gasteiger partial charge in [-0.25, -0.2) is 8.78 Å². The number of fused-ring (bicyclic) bond motifs is 1. The van der Waals surface area contributed by atoms with Crippen molar-refractivity contribution in [2.24, 2.45) is 5.92 Å². The van der Waals surface area contributed by atoms with E-state index < -0.39 is 24.7 Å². The molecule has 0 radical (unpaired) electrons. The third kappa shape index (κ3) is 3.70. The van der Waals surface area contributed by atoms with Crippen molar-refractivity contribution in [1.82, 2.24) is 20.5 Å². The van der Waals surface area contributed by atoms with Crippen LogP contribution in [0.25, 0.3) is 11.0 Å². The Bertz CT molecular complexity index is 559. The number of alkyl halides is 3. The third-order valence-corrected chi connectivity index (χ3v) is 3.22. The summed E-state index contributed by atoms with van der Waals surface area (Å²) in [5.74, 6) is -0.662. The second-order valence-electron chi connectivity index (χ2n) is 5.17. The molecule has 2 unspecified atom stereocenters. The summed E-state index contributed by atoms with van der Waals surface area (Å²) >= 11 is 0. The van der Waals surface area contributed by atoms with E-state index in [0.29, 0.717) is 11.2 Å². The van der Waals surface area contributed by atoms with E-state index in [0.717, 1.165) is 5.52 Å². The predicted molar refractivity (Wildman–Crippen MR) is 71.4 cm³/mol. The highest BCUT2D eigenvalue weighted by molar-refractivity contribution is 5.74. The van der Waals surface area contributed by atoms with Gasteiger partial charge in [-0.3, -0.25) is 9.71 Å². The summed E-state index contributed by atoms with van der Waals surface area (Å²) in [6.45, 7) is 0.683. The van der Waals surface area contributed by atoms with Crippen LogP contribution in [0.5, 0.6) is 0 Å². The Hall–Kier alpha value is -1.67. The van der Waals surface area contributed by atoms with Crippen LogP contribution in [-0.2, 0) is 6.54 Å². The number of H-pyrrole nitrogens is 1. The fraction of sp³-hybridized carbons (Fsp3) is 0.538. The van der Waals surface area contributed by atoms with Gasteiger partial charge in [0.1, 0.15) is 5.52 Å². The molecule has 2 heterocycles. The number of aromatic nitrogens is 3. The average molecular weight is 302 g/mol. The van der Waals surface area contributed by atoms with E-state index in [4.69, 9.17) is 0 Å². The molecule has 0 aliphatic heterocycles. The van der Waals surface area contributed by atoms with Crippen molar-refractivity contribution in [2.75, 3.05) is 6.67 Å². The molecule has 116 valence electrons. The molecule has 2 rings (SSSR count). The van der Waals surface area contributed by atoms with Gasteiger partial charge in [0.2, 0.25) is 0 Å². The van der Waals surface area contributed by atoms with Crippen molar-refractivity contribution in [2.45, 2.75) is 32.0 Å². The molecule has 2 aromatic heterocycles. The van der Waals surface area contributed by atoms with Crippen LogP contribution in [0, 0.1) is 5.92 Å². The highest BCUT2D eigenvalue weighted by Gasteiger charge is 2.38. The number of hydrogen-bond donors (Lipinski definition) is 3. The molecule has 2 aromatic rings. The van der Waals surface area contributed by atoms with Crippen LogP contribution in [0.15, 0.2) is 18.3 Å². The van der Waals surface area contributed by atoms with Gasteiger partial charge < -0.3 is 10.1 Å². The number of rotatable bonds is 7. The molecule has 0 aromatic carbocycles. The number of nitrogens with one attached hydrogen (secondary N) is 2. The van der Waals surface area contributed by atoms with Crippen LogP contribution in [-0.4, -0.2) is 39.1 Å². The number of aliphatic hydroxyl groups is 1. The zero-order valence-electron chi connectivity index (χ0n) is 11.5. The summed E-state index contributed by atoms with van der Waals surface area (Å²) in [6.07, 6.45) is -1.88. The van der Waals surface area contributed by atoms with Gasteiger partial charge in [-0.1, -0.05) is 6.92 Å². The van der Waals surface area contributed by atoms with E-state index in [1.54, 1.807) is 12.1 Å². The minimum absolute atomic E-state index is 0.0177. The SMILES string of the molecule is CC(CF)CC(O)(NCc1cc2nnccc2[nH]1)C(F)F. The second-order valence-corrected chi connectivity index (χ2v) is 5.17. The van der Waals surface area contributed by atoms with Gasteiger partial charge >= 0.3 is 0 Å². The predicted octanol–water partition coefficient (Wildman–Crippen LogP) is 2.00. The molecule has 0 aliphatic rings. The van der Waals surface area contributed by atoms with E-state index in [2.05, 4.69) is 20.5 Å². The van der Waals surface area contributed by atoms with Gasteiger partial charge in [0.05, 0.1) is 18.4 Å². The Morgan fingerprint density at radius 1 is 1.48 bits per heavy atom. The summed E-state index contributed by atoms with van der Waals surface area (Å²) in [5.41, 5.74) is -0.516. The van der Waals surface area contributed by atoms with Crippen molar-refractivity contribution in [3.05, 3.63) is 24.0 Å². The number of halogens is 3. The van der Waals surface area contributed by atoms with Gasteiger partial charge in [0, 0.05) is 18.7 Å². The lowest BCUT2D eigenvalue weighted by molar-refractivity contribution is -0.132. The van der Waals surface area contributed by atoms with Crippen molar-refractivity contribution < 1.29 is 18.3 Å². The molecule has 0 bridgehead atoms. The Labute approximate surface area is 119 Å². The maximum atomic E-state index is 13.0. The molecule has 0 spiro atoms. The first-order valence-corrected chi connectivity index (χ1v) is 6.55. The van der Waals surface area contributed by atoms with E-state index in [9.17, 15) is 18.3 Å². The van der Waals surface area contributed by atoms with Crippen LogP contribution in [0.1, 0.15) is 19.0 Å². The molecule has 0 fully saturated rings. The van der Waals surface area contributed by atoms with Gasteiger partial charge in [-0.2, -0.15) is 5.10 Å². The van der Waals surface area contributed by atoms with E-state index in [-0.39, 0.29) is 13.0 Å². The first kappa shape index (κ1) is 15.7. The molecular weight excluding hydrogens is 285 g/mol. The second kappa shape index (κ2) is 6.40. The molecule has 5 nitrogen and oxygen atoms in total. The number of hydrogen-bond acceptors (Lipinski definition) is 4. The first-order chi connectivity index (χ1) is 9.94. The quantitative estimate of drug-likeness (QED) is 0.684. The summed E-state index contributed by atoms with van der Waals surface area (Å²) < 4.78 is 38.5. The normalized spacial score (nSPS) is 16.3. The Morgan fingerprint density at radius 3 is 2.86 bits per heavy atom. The molecule has 0 saturated carbocycles. The molecule has 0 aliphatic carbocycles. The lowest BCUT2D eigenvalue weighted by Crippen LogP contribution is -2.52. The van der Waals surface area contributed by atoms with Gasteiger partial charge in [0.15, 0.2) is 5.72 Å². The highest BCUT2D eigenvalue weighted by atomic mass is 19.3. The van der Waals surface area contributed by atoms with Crippen LogP contribution >= 0.6 is 0 Å². The molecule has 3 N–H and O–H groups in total. The Kier molecular flexibility index (Phi) is 4.79. The zero-order chi connectivity index (χ0) is 15.5. The van der Waals surface area contributed by atoms with Crippen molar-refractivity contribution >= 4 is 11.0 Å². The summed E-state index contributed by atoms with van der Waals surface area (Å²) in [7, 11) is 0. The summed E-state index contributed by atoms with van der Waals surface area (Å²) in [4.78, 5) is 2.98. The maximum absolute atomic E-state index is 13.0. The van der Waals surface area contributed by atoms with Gasteiger partial charge in [0.25, 0.3) is 6.43 Å². The van der Waals surface area contributed by atoms with E-state index in [1.807, 2.05) is 0 Å². The largest absolute Gasteiger partial charge is 0.370 e. The lowest BCUT2D eigenvalue weighted by Gasteiger charge is -2.30. The molecule has 2 atom stereocenters. The Morgan fingerprint density at radius 2 is 2.24 bits per heavy atom. The van der Waals surface area contributed by atoms with E-state index in [1.165, 1.54) is 13.1 Å². The standard InChI is InChI=1S/C13H17F3N4O/c1-8(6-14)5-13(21,12(15)16)17-7-9-4-11-10(19-9)2-3-18-20-11/h2-4,8,12,17,19,21H,5-7H2,1H3. The monoisotopic (exact) mass is 302 g/mol. The fourth-order valence-electron chi connectivity index (χ4n) is 2.10. The minimum Gasteiger partial charge on any atom is -0.370 e. The molecular formula is C13H17F3N4O. The summed E-state index contributed by atoms with van der Waals surface area (Å²) in [6, 6.07) is 3.36. The average Bonchev–Trinajstić information content (AvgIpc) is 2.87. The topological polar surface area (TPSA) is 73.8 Å². The van der Waals surface area contributed by atoms with Gasteiger partial charge in [-0.05, 0) is 18.1 Å². The Balaban J connectivity index is 2.07. The van der Waals surface area contributed by atoms with Crippen LogP contribution in [0.3, 0.4) is 0 Å².